The Balaban J connectivity index is 1.47. The molecular formula is C16H19N3O3. The third-order valence-corrected chi connectivity index (χ3v) is 3.91. The molecule has 0 radical (unpaired) electrons. The third kappa shape index (κ3) is 3.46. The molecule has 22 heavy (non-hydrogen) atoms. The monoisotopic (exact) mass is 301 g/mol. The molecule has 1 fully saturated rings. The summed E-state index contributed by atoms with van der Waals surface area (Å²) in [6.07, 6.45) is 2.51. The molecular weight excluding hydrogens is 282 g/mol. The number of aromatic nitrogens is 1. The number of aliphatic hydroxyl groups is 1. The van der Waals surface area contributed by atoms with Gasteiger partial charge in [-0.3, -0.25) is 0 Å². The average Bonchev–Trinajstić information content (AvgIpc) is 2.99. The molecule has 1 heterocycles. The number of hydrogen-bond acceptors (Lipinski definition) is 4. The normalized spacial score (nSPS) is 15.9. The van der Waals surface area contributed by atoms with Crippen LogP contribution in [0.1, 0.15) is 25.0 Å². The highest BCUT2D eigenvalue weighted by molar-refractivity contribution is 5.73. The van der Waals surface area contributed by atoms with Crippen LogP contribution in [0, 0.1) is 0 Å². The van der Waals surface area contributed by atoms with Crippen molar-refractivity contribution in [3.63, 3.8) is 0 Å². The van der Waals surface area contributed by atoms with E-state index in [1.54, 1.807) is 6.07 Å². The van der Waals surface area contributed by atoms with Crippen molar-refractivity contribution in [2.75, 3.05) is 6.54 Å². The molecule has 2 aromatic rings. The van der Waals surface area contributed by atoms with Crippen molar-refractivity contribution in [1.29, 1.82) is 0 Å². The second-order valence-corrected chi connectivity index (χ2v) is 5.66. The molecule has 0 saturated heterocycles. The van der Waals surface area contributed by atoms with Crippen molar-refractivity contribution in [2.24, 2.45) is 0 Å². The Bertz CT molecular complexity index is 635. The smallest absolute Gasteiger partial charge is 0.315 e. The zero-order valence-corrected chi connectivity index (χ0v) is 12.2. The minimum atomic E-state index is -0.717. The highest BCUT2D eigenvalue weighted by atomic mass is 16.5. The van der Waals surface area contributed by atoms with E-state index < -0.39 is 5.60 Å². The van der Waals surface area contributed by atoms with Gasteiger partial charge in [0.1, 0.15) is 5.69 Å². The summed E-state index contributed by atoms with van der Waals surface area (Å²) >= 11 is 0. The number of amides is 2. The van der Waals surface area contributed by atoms with Crippen LogP contribution in [0.2, 0.25) is 0 Å². The fraction of sp³-hybridized carbons (Fsp3) is 0.375. The van der Waals surface area contributed by atoms with Gasteiger partial charge in [0.2, 0.25) is 0 Å². The van der Waals surface area contributed by atoms with E-state index >= 15 is 0 Å². The van der Waals surface area contributed by atoms with Crippen molar-refractivity contribution >= 4 is 6.03 Å². The highest BCUT2D eigenvalue weighted by Crippen LogP contribution is 2.30. The fourth-order valence-corrected chi connectivity index (χ4v) is 2.37. The quantitative estimate of drug-likeness (QED) is 0.789. The van der Waals surface area contributed by atoms with E-state index in [1.807, 2.05) is 30.3 Å². The lowest BCUT2D eigenvalue weighted by Gasteiger charge is -2.36. The molecule has 3 rings (SSSR count). The number of nitrogens with one attached hydrogen (secondary N) is 2. The zero-order chi connectivity index (χ0) is 15.4. The Morgan fingerprint density at radius 2 is 2.05 bits per heavy atom. The molecule has 3 N–H and O–H groups in total. The first-order chi connectivity index (χ1) is 10.6. The van der Waals surface area contributed by atoms with Gasteiger partial charge in [-0.05, 0) is 19.3 Å². The Kier molecular flexibility index (Phi) is 4.11. The second-order valence-electron chi connectivity index (χ2n) is 5.66. The van der Waals surface area contributed by atoms with E-state index in [2.05, 4.69) is 15.8 Å². The molecule has 1 saturated carbocycles. The molecule has 0 unspecified atom stereocenters. The Morgan fingerprint density at radius 3 is 2.73 bits per heavy atom. The van der Waals surface area contributed by atoms with Gasteiger partial charge in [-0.25, -0.2) is 4.79 Å². The molecule has 0 atom stereocenters. The largest absolute Gasteiger partial charge is 0.388 e. The van der Waals surface area contributed by atoms with Gasteiger partial charge in [-0.2, -0.15) is 0 Å². The maximum absolute atomic E-state index is 11.7. The van der Waals surface area contributed by atoms with Crippen molar-refractivity contribution in [3.05, 3.63) is 42.1 Å². The minimum Gasteiger partial charge on any atom is -0.388 e. The maximum Gasteiger partial charge on any atom is 0.315 e. The van der Waals surface area contributed by atoms with Crippen LogP contribution in [0.15, 0.2) is 40.9 Å². The zero-order valence-electron chi connectivity index (χ0n) is 12.2. The number of hydrogen-bond donors (Lipinski definition) is 3. The first-order valence-corrected chi connectivity index (χ1v) is 7.40. The number of carbonyl (C=O) groups excluding carboxylic acids is 1. The van der Waals surface area contributed by atoms with Crippen LogP contribution in [0.3, 0.4) is 0 Å². The van der Waals surface area contributed by atoms with E-state index in [-0.39, 0.29) is 19.1 Å². The van der Waals surface area contributed by atoms with Crippen LogP contribution in [0.4, 0.5) is 4.79 Å². The van der Waals surface area contributed by atoms with Crippen molar-refractivity contribution in [2.45, 2.75) is 31.4 Å². The molecule has 1 aliphatic rings. The standard InChI is InChI=1S/C16H19N3O3/c20-15(18-11-16(21)7-4-8-16)17-10-13-9-14(22-19-13)12-5-2-1-3-6-12/h1-3,5-6,9,21H,4,7-8,10-11H2,(H2,17,18,20). The second kappa shape index (κ2) is 6.19. The van der Waals surface area contributed by atoms with Gasteiger partial charge in [0.05, 0.1) is 12.1 Å². The number of rotatable bonds is 5. The van der Waals surface area contributed by atoms with Crippen LogP contribution in [-0.4, -0.2) is 28.4 Å². The number of benzene rings is 1. The van der Waals surface area contributed by atoms with Gasteiger partial charge >= 0.3 is 6.03 Å². The predicted octanol–water partition coefficient (Wildman–Crippen LogP) is 2.06. The summed E-state index contributed by atoms with van der Waals surface area (Å²) in [5.74, 6) is 0.668. The molecule has 116 valence electrons. The predicted molar refractivity (Wildman–Crippen MR) is 81.0 cm³/mol. The highest BCUT2D eigenvalue weighted by Gasteiger charge is 2.34. The molecule has 2 amide bonds. The van der Waals surface area contributed by atoms with E-state index in [0.717, 1.165) is 24.8 Å². The lowest BCUT2D eigenvalue weighted by Crippen LogP contribution is -2.49. The Labute approximate surface area is 128 Å². The molecule has 1 aliphatic carbocycles. The van der Waals surface area contributed by atoms with Crippen LogP contribution in [0.5, 0.6) is 0 Å². The summed E-state index contributed by atoms with van der Waals surface area (Å²) in [6.45, 7) is 0.563. The summed E-state index contributed by atoms with van der Waals surface area (Å²) < 4.78 is 5.26. The summed E-state index contributed by atoms with van der Waals surface area (Å²) in [5.41, 5.74) is 0.875. The number of carbonyl (C=O) groups is 1. The molecule has 0 spiro atoms. The van der Waals surface area contributed by atoms with Gasteiger partial charge in [-0.15, -0.1) is 0 Å². The van der Waals surface area contributed by atoms with Crippen molar-refractivity contribution in [3.8, 4) is 11.3 Å². The molecule has 1 aromatic carbocycles. The fourth-order valence-electron chi connectivity index (χ4n) is 2.37. The lowest BCUT2D eigenvalue weighted by atomic mass is 9.80. The Morgan fingerprint density at radius 1 is 1.27 bits per heavy atom. The van der Waals surface area contributed by atoms with E-state index in [9.17, 15) is 9.90 Å². The maximum atomic E-state index is 11.7. The first kappa shape index (κ1) is 14.6. The van der Waals surface area contributed by atoms with Gasteiger partial charge in [-0.1, -0.05) is 35.5 Å². The summed E-state index contributed by atoms with van der Waals surface area (Å²) in [4.78, 5) is 11.7. The third-order valence-electron chi connectivity index (χ3n) is 3.91. The first-order valence-electron chi connectivity index (χ1n) is 7.40. The molecule has 1 aromatic heterocycles. The molecule has 0 aliphatic heterocycles. The number of nitrogens with zero attached hydrogens (tertiary/aromatic N) is 1. The van der Waals surface area contributed by atoms with Gasteiger partial charge in [0, 0.05) is 18.2 Å². The number of urea groups is 1. The average molecular weight is 301 g/mol. The van der Waals surface area contributed by atoms with Gasteiger partial charge < -0.3 is 20.3 Å². The molecule has 6 nitrogen and oxygen atoms in total. The van der Waals surface area contributed by atoms with E-state index in [4.69, 9.17) is 4.52 Å². The topological polar surface area (TPSA) is 87.4 Å². The molecule has 6 heteroatoms. The van der Waals surface area contributed by atoms with E-state index in [0.29, 0.717) is 11.5 Å². The van der Waals surface area contributed by atoms with Crippen LogP contribution >= 0.6 is 0 Å². The van der Waals surface area contributed by atoms with Crippen LogP contribution in [0.25, 0.3) is 11.3 Å². The van der Waals surface area contributed by atoms with Gasteiger partial charge in [0.15, 0.2) is 5.76 Å². The minimum absolute atomic E-state index is 0.278. The summed E-state index contributed by atoms with van der Waals surface area (Å²) in [5, 5.41) is 19.2. The van der Waals surface area contributed by atoms with Crippen LogP contribution < -0.4 is 10.6 Å². The Hall–Kier alpha value is -2.34. The van der Waals surface area contributed by atoms with Gasteiger partial charge in [0.25, 0.3) is 0 Å². The summed E-state index contributed by atoms with van der Waals surface area (Å²) in [6, 6.07) is 11.1. The van der Waals surface area contributed by atoms with Crippen molar-refractivity contribution in [1.82, 2.24) is 15.8 Å². The molecule has 0 bridgehead atoms. The van der Waals surface area contributed by atoms with E-state index in [1.165, 1.54) is 0 Å². The van der Waals surface area contributed by atoms with Crippen LogP contribution in [-0.2, 0) is 6.54 Å². The van der Waals surface area contributed by atoms with Crippen molar-refractivity contribution < 1.29 is 14.4 Å². The lowest BCUT2D eigenvalue weighted by molar-refractivity contribution is -0.0290. The summed E-state index contributed by atoms with van der Waals surface area (Å²) in [7, 11) is 0. The SMILES string of the molecule is O=C(NCc1cc(-c2ccccc2)on1)NCC1(O)CCC1.